The van der Waals surface area contributed by atoms with E-state index in [1.54, 1.807) is 37.3 Å². The molecule has 2 aromatic carbocycles. The number of nitrogens with zero attached hydrogens (tertiary/aromatic N) is 2. The number of ether oxygens (including phenoxy) is 1. The van der Waals surface area contributed by atoms with E-state index >= 15 is 0 Å². The Kier molecular flexibility index (Phi) is 5.18. The van der Waals surface area contributed by atoms with Gasteiger partial charge in [-0.15, -0.1) is 10.2 Å². The number of alkyl halides is 3. The average molecular weight is 395 g/mol. The molecule has 3 aromatic rings. The predicted octanol–water partition coefficient (Wildman–Crippen LogP) is 4.18. The Morgan fingerprint density at radius 1 is 1.11 bits per heavy atom. The largest absolute Gasteiger partial charge is 0.457 e. The zero-order chi connectivity index (χ0) is 19.7. The van der Waals surface area contributed by atoms with Gasteiger partial charge in [-0.05, 0) is 37.3 Å². The molecule has 0 aliphatic heterocycles. The van der Waals surface area contributed by atoms with Crippen molar-refractivity contribution in [2.75, 3.05) is 6.61 Å². The van der Waals surface area contributed by atoms with Gasteiger partial charge in [0.05, 0.1) is 17.7 Å². The molecular formula is C18H16F3N3O2S. The maximum absolute atomic E-state index is 13.5. The molecular weight excluding hydrogens is 379 g/mol. The zero-order valence-corrected chi connectivity index (χ0v) is 15.0. The molecule has 3 rings (SSSR count). The van der Waals surface area contributed by atoms with Crippen LogP contribution in [0.15, 0.2) is 48.5 Å². The number of halogens is 3. The molecule has 0 saturated carbocycles. The van der Waals surface area contributed by atoms with Crippen LogP contribution >= 0.6 is 11.3 Å². The van der Waals surface area contributed by atoms with Crippen LogP contribution in [0.2, 0.25) is 0 Å². The van der Waals surface area contributed by atoms with Gasteiger partial charge in [0.1, 0.15) is 21.5 Å². The summed E-state index contributed by atoms with van der Waals surface area (Å²) in [7, 11) is 0. The van der Waals surface area contributed by atoms with Gasteiger partial charge >= 0.3 is 6.18 Å². The molecule has 0 bridgehead atoms. The highest BCUT2D eigenvalue weighted by Gasteiger charge is 2.35. The lowest BCUT2D eigenvalue weighted by molar-refractivity contribution is -0.138. The summed E-state index contributed by atoms with van der Waals surface area (Å²) in [5.41, 5.74) is 4.10. The Hall–Kier alpha value is -2.49. The van der Waals surface area contributed by atoms with Gasteiger partial charge in [0.15, 0.2) is 0 Å². The summed E-state index contributed by atoms with van der Waals surface area (Å²) in [6, 6.07) is 11.9. The van der Waals surface area contributed by atoms with Crippen molar-refractivity contribution in [1.29, 1.82) is 0 Å². The van der Waals surface area contributed by atoms with E-state index in [0.717, 1.165) is 17.4 Å². The van der Waals surface area contributed by atoms with E-state index in [2.05, 4.69) is 10.2 Å². The first kappa shape index (κ1) is 19.3. The van der Waals surface area contributed by atoms with Crippen LogP contribution in [0, 0.1) is 0 Å². The zero-order valence-electron chi connectivity index (χ0n) is 14.2. The first-order valence-corrected chi connectivity index (χ1v) is 8.70. The molecule has 27 heavy (non-hydrogen) atoms. The van der Waals surface area contributed by atoms with Gasteiger partial charge in [0, 0.05) is 5.56 Å². The van der Waals surface area contributed by atoms with E-state index in [-0.39, 0.29) is 22.9 Å². The standard InChI is InChI=1S/C18H16F3N3O2S/c1-17(22,10-25)16-24-23-15(27-16)11-7-8-14(13(9-11)18(19,20)21)26-12-5-3-2-4-6-12/h2-9,25H,10,22H2,1H3/t17-/m0/s1. The minimum absolute atomic E-state index is 0.236. The molecule has 0 unspecified atom stereocenters. The predicted molar refractivity (Wildman–Crippen MR) is 95.5 cm³/mol. The third kappa shape index (κ3) is 4.26. The minimum atomic E-state index is -4.61. The smallest absolute Gasteiger partial charge is 0.420 e. The molecule has 1 atom stereocenters. The van der Waals surface area contributed by atoms with Gasteiger partial charge in [-0.2, -0.15) is 13.2 Å². The Morgan fingerprint density at radius 3 is 2.44 bits per heavy atom. The molecule has 0 saturated heterocycles. The number of aromatic nitrogens is 2. The molecule has 5 nitrogen and oxygen atoms in total. The van der Waals surface area contributed by atoms with Crippen molar-refractivity contribution in [3.05, 3.63) is 59.1 Å². The molecule has 3 N–H and O–H groups in total. The highest BCUT2D eigenvalue weighted by Crippen LogP contribution is 2.41. The van der Waals surface area contributed by atoms with Gasteiger partial charge in [-0.25, -0.2) is 0 Å². The fourth-order valence-corrected chi connectivity index (χ4v) is 3.12. The topological polar surface area (TPSA) is 81.3 Å². The van der Waals surface area contributed by atoms with Crippen LogP contribution in [-0.4, -0.2) is 21.9 Å². The summed E-state index contributed by atoms with van der Waals surface area (Å²) in [6.45, 7) is 1.20. The molecule has 1 aromatic heterocycles. The number of aliphatic hydroxyl groups is 1. The van der Waals surface area contributed by atoms with Crippen LogP contribution < -0.4 is 10.5 Å². The second-order valence-corrected chi connectivity index (χ2v) is 7.09. The van der Waals surface area contributed by atoms with E-state index in [4.69, 9.17) is 10.5 Å². The third-order valence-electron chi connectivity index (χ3n) is 3.74. The molecule has 0 aliphatic carbocycles. The van der Waals surface area contributed by atoms with Gasteiger partial charge < -0.3 is 15.6 Å². The summed E-state index contributed by atoms with van der Waals surface area (Å²) in [5, 5.41) is 17.7. The Morgan fingerprint density at radius 2 is 1.81 bits per heavy atom. The van der Waals surface area contributed by atoms with E-state index < -0.39 is 17.3 Å². The molecule has 0 fully saturated rings. The summed E-state index contributed by atoms with van der Waals surface area (Å²) >= 11 is 1.03. The second kappa shape index (κ2) is 7.26. The Balaban J connectivity index is 1.99. The fraction of sp³-hybridized carbons (Fsp3) is 0.222. The van der Waals surface area contributed by atoms with Gasteiger partial charge in [-0.1, -0.05) is 29.5 Å². The third-order valence-corrected chi connectivity index (χ3v) is 5.00. The number of hydrogen-bond donors (Lipinski definition) is 2. The Bertz CT molecular complexity index is 927. The van der Waals surface area contributed by atoms with Crippen molar-refractivity contribution in [1.82, 2.24) is 10.2 Å². The first-order chi connectivity index (χ1) is 12.7. The van der Waals surface area contributed by atoms with Crippen LogP contribution in [0.5, 0.6) is 11.5 Å². The van der Waals surface area contributed by atoms with Crippen LogP contribution in [-0.2, 0) is 11.7 Å². The van der Waals surface area contributed by atoms with E-state index in [0.29, 0.717) is 10.8 Å². The number of nitrogens with two attached hydrogens (primary N) is 1. The van der Waals surface area contributed by atoms with Crippen LogP contribution in [0.25, 0.3) is 10.6 Å². The summed E-state index contributed by atoms with van der Waals surface area (Å²) in [5.74, 6) is -0.00277. The lowest BCUT2D eigenvalue weighted by atomic mass is 10.1. The number of benzene rings is 2. The molecule has 9 heteroatoms. The Labute approximate surface area is 157 Å². The summed E-state index contributed by atoms with van der Waals surface area (Å²) in [6.07, 6.45) is -4.61. The van der Waals surface area contributed by atoms with Gasteiger partial charge in [0.25, 0.3) is 0 Å². The highest BCUT2D eigenvalue weighted by molar-refractivity contribution is 7.14. The van der Waals surface area contributed by atoms with Crippen molar-refractivity contribution in [2.24, 2.45) is 5.73 Å². The molecule has 0 amide bonds. The second-order valence-electron chi connectivity index (χ2n) is 6.11. The number of aliphatic hydroxyl groups excluding tert-OH is 1. The number of hydrogen-bond acceptors (Lipinski definition) is 6. The monoisotopic (exact) mass is 395 g/mol. The van der Waals surface area contributed by atoms with Crippen molar-refractivity contribution >= 4 is 11.3 Å². The molecule has 0 aliphatic rings. The molecule has 0 spiro atoms. The van der Waals surface area contributed by atoms with Gasteiger partial charge in [-0.3, -0.25) is 0 Å². The van der Waals surface area contributed by atoms with E-state index in [1.807, 2.05) is 0 Å². The van der Waals surface area contributed by atoms with E-state index in [9.17, 15) is 18.3 Å². The lowest BCUT2D eigenvalue weighted by Crippen LogP contribution is -2.36. The molecule has 142 valence electrons. The summed E-state index contributed by atoms with van der Waals surface area (Å²) < 4.78 is 46.0. The average Bonchev–Trinajstić information content (AvgIpc) is 3.13. The number of rotatable bonds is 5. The first-order valence-electron chi connectivity index (χ1n) is 7.89. The van der Waals surface area contributed by atoms with Crippen LogP contribution in [0.3, 0.4) is 0 Å². The fourth-order valence-electron chi connectivity index (χ4n) is 2.23. The van der Waals surface area contributed by atoms with Crippen molar-refractivity contribution in [2.45, 2.75) is 18.6 Å². The normalized spacial score (nSPS) is 14.0. The SMILES string of the molecule is C[C@](N)(CO)c1nnc(-c2ccc(Oc3ccccc3)c(C(F)(F)F)c2)s1. The van der Waals surface area contributed by atoms with Crippen molar-refractivity contribution in [3.8, 4) is 22.1 Å². The quantitative estimate of drug-likeness (QED) is 0.677. The van der Waals surface area contributed by atoms with Crippen LogP contribution in [0.4, 0.5) is 13.2 Å². The van der Waals surface area contributed by atoms with Crippen molar-refractivity contribution in [3.63, 3.8) is 0 Å². The molecule has 0 radical (unpaired) electrons. The minimum Gasteiger partial charge on any atom is -0.457 e. The van der Waals surface area contributed by atoms with E-state index in [1.165, 1.54) is 12.1 Å². The maximum Gasteiger partial charge on any atom is 0.420 e. The van der Waals surface area contributed by atoms with Gasteiger partial charge in [0.2, 0.25) is 0 Å². The lowest BCUT2D eigenvalue weighted by Gasteiger charge is -2.17. The van der Waals surface area contributed by atoms with Crippen molar-refractivity contribution < 1.29 is 23.0 Å². The summed E-state index contributed by atoms with van der Waals surface area (Å²) in [4.78, 5) is 0. The molecule has 1 heterocycles. The maximum atomic E-state index is 13.5. The van der Waals surface area contributed by atoms with Crippen LogP contribution in [0.1, 0.15) is 17.5 Å². The number of para-hydroxylation sites is 1. The highest BCUT2D eigenvalue weighted by atomic mass is 32.1.